The molecule has 0 amide bonds. The summed E-state index contributed by atoms with van der Waals surface area (Å²) in [6.07, 6.45) is -0.969. The van der Waals surface area contributed by atoms with Gasteiger partial charge in [-0.25, -0.2) is 21.6 Å². The predicted molar refractivity (Wildman–Crippen MR) is 89.4 cm³/mol. The average molecular weight is 378 g/mol. The molecule has 2 rings (SSSR count). The summed E-state index contributed by atoms with van der Waals surface area (Å²) in [5.41, 5.74) is 0.786. The van der Waals surface area contributed by atoms with Gasteiger partial charge < -0.3 is 15.2 Å². The van der Waals surface area contributed by atoms with E-state index < -0.39 is 32.0 Å². The lowest BCUT2D eigenvalue weighted by Gasteiger charge is -2.15. The van der Waals surface area contributed by atoms with Crippen molar-refractivity contribution in [3.05, 3.63) is 23.8 Å². The van der Waals surface area contributed by atoms with Crippen LogP contribution in [-0.2, 0) is 19.9 Å². The normalized spacial score (nSPS) is 23.3. The van der Waals surface area contributed by atoms with Crippen molar-refractivity contribution in [3.8, 4) is 5.75 Å². The minimum absolute atomic E-state index is 0.0495. The van der Waals surface area contributed by atoms with Gasteiger partial charge in [-0.15, -0.1) is 0 Å². The summed E-state index contributed by atoms with van der Waals surface area (Å²) in [4.78, 5) is 0.0495. The van der Waals surface area contributed by atoms with E-state index in [-0.39, 0.29) is 35.2 Å². The van der Waals surface area contributed by atoms with Gasteiger partial charge in [0.15, 0.2) is 9.84 Å². The van der Waals surface area contributed by atoms with E-state index >= 15 is 0 Å². The summed E-state index contributed by atoms with van der Waals surface area (Å²) in [5, 5.41) is 12.5. The number of aryl methyl sites for hydroxylation is 1. The zero-order valence-electron chi connectivity index (χ0n) is 13.5. The number of aliphatic hydroxyl groups is 1. The third-order valence-electron chi connectivity index (χ3n) is 3.75. The fourth-order valence-corrected chi connectivity index (χ4v) is 5.60. The van der Waals surface area contributed by atoms with Gasteiger partial charge in [-0.1, -0.05) is 6.07 Å². The second-order valence-electron chi connectivity index (χ2n) is 5.76. The fourth-order valence-electron chi connectivity index (χ4n) is 2.54. The lowest BCUT2D eigenvalue weighted by atomic mass is 10.2. The van der Waals surface area contributed by atoms with E-state index in [1.807, 2.05) is 0 Å². The molecule has 10 heteroatoms. The van der Waals surface area contributed by atoms with Gasteiger partial charge in [0.1, 0.15) is 10.6 Å². The number of hydrogen-bond donors (Lipinski definition) is 3. The number of sulfonamides is 1. The Bertz CT molecular complexity index is 791. The first-order valence-electron chi connectivity index (χ1n) is 7.41. The van der Waals surface area contributed by atoms with Crippen LogP contribution < -0.4 is 14.8 Å². The Labute approximate surface area is 142 Å². The molecule has 0 bridgehead atoms. The van der Waals surface area contributed by atoms with Crippen molar-refractivity contribution in [2.45, 2.75) is 24.0 Å². The number of sulfone groups is 1. The standard InChI is InChI=1S/C14H22N2O6S2/c1-10-3-4-13(22-2)14(7-10)24(20,21)16-6-5-15-11-8-23(18,19)9-12(11)17/h3-4,7,11-12,15-17H,5-6,8-9H2,1-2H3/t11-,12-/m1/s1. The molecule has 1 fully saturated rings. The molecule has 0 spiro atoms. The Hall–Kier alpha value is -1.20. The highest BCUT2D eigenvalue weighted by molar-refractivity contribution is 7.91. The molecule has 0 aromatic heterocycles. The van der Waals surface area contributed by atoms with Gasteiger partial charge in [0.05, 0.1) is 24.7 Å². The lowest BCUT2D eigenvalue weighted by Crippen LogP contribution is -2.42. The first kappa shape index (κ1) is 19.1. The minimum Gasteiger partial charge on any atom is -0.495 e. The molecule has 1 aliphatic rings. The van der Waals surface area contributed by atoms with Crippen LogP contribution in [-0.4, -0.2) is 65.8 Å². The summed E-state index contributed by atoms with van der Waals surface area (Å²) in [6.45, 7) is 2.04. The van der Waals surface area contributed by atoms with Crippen molar-refractivity contribution in [3.63, 3.8) is 0 Å². The van der Waals surface area contributed by atoms with Crippen LogP contribution in [0.5, 0.6) is 5.75 Å². The highest BCUT2D eigenvalue weighted by Gasteiger charge is 2.35. The number of hydrogen-bond acceptors (Lipinski definition) is 7. The molecule has 1 aromatic rings. The third-order valence-corrected chi connectivity index (χ3v) is 6.95. The second-order valence-corrected chi connectivity index (χ2v) is 9.65. The second kappa shape index (κ2) is 7.36. The van der Waals surface area contributed by atoms with E-state index in [0.717, 1.165) is 5.56 Å². The predicted octanol–water partition coefficient (Wildman–Crippen LogP) is -0.971. The van der Waals surface area contributed by atoms with Crippen molar-refractivity contribution in [1.82, 2.24) is 10.0 Å². The summed E-state index contributed by atoms with van der Waals surface area (Å²) >= 11 is 0. The molecule has 1 aromatic carbocycles. The van der Waals surface area contributed by atoms with Crippen LogP contribution in [0.2, 0.25) is 0 Å². The number of nitrogens with one attached hydrogen (secondary N) is 2. The highest BCUT2D eigenvalue weighted by atomic mass is 32.2. The molecule has 0 aliphatic carbocycles. The number of ether oxygens (including phenoxy) is 1. The molecule has 0 saturated carbocycles. The first-order chi connectivity index (χ1) is 11.1. The molecule has 0 radical (unpaired) electrons. The van der Waals surface area contributed by atoms with E-state index in [9.17, 15) is 21.9 Å². The van der Waals surface area contributed by atoms with Gasteiger partial charge in [0.2, 0.25) is 10.0 Å². The third kappa shape index (κ3) is 4.67. The molecule has 0 unspecified atom stereocenters. The number of benzene rings is 1. The van der Waals surface area contributed by atoms with Gasteiger partial charge in [0, 0.05) is 19.1 Å². The Morgan fingerprint density at radius 1 is 1.29 bits per heavy atom. The maximum Gasteiger partial charge on any atom is 0.244 e. The molecule has 1 heterocycles. The first-order valence-corrected chi connectivity index (χ1v) is 10.7. The minimum atomic E-state index is -3.75. The van der Waals surface area contributed by atoms with Crippen LogP contribution >= 0.6 is 0 Å². The fraction of sp³-hybridized carbons (Fsp3) is 0.571. The molecule has 24 heavy (non-hydrogen) atoms. The Kier molecular flexibility index (Phi) is 5.87. The van der Waals surface area contributed by atoms with Crippen molar-refractivity contribution in [1.29, 1.82) is 0 Å². The van der Waals surface area contributed by atoms with Gasteiger partial charge in [-0.05, 0) is 24.6 Å². The van der Waals surface area contributed by atoms with E-state index in [1.54, 1.807) is 19.1 Å². The van der Waals surface area contributed by atoms with Gasteiger partial charge in [0.25, 0.3) is 0 Å². The van der Waals surface area contributed by atoms with E-state index in [0.29, 0.717) is 0 Å². The van der Waals surface area contributed by atoms with Crippen molar-refractivity contribution in [2.75, 3.05) is 31.7 Å². The van der Waals surface area contributed by atoms with Crippen molar-refractivity contribution in [2.24, 2.45) is 0 Å². The molecule has 1 aliphatic heterocycles. The number of rotatable bonds is 7. The highest BCUT2D eigenvalue weighted by Crippen LogP contribution is 2.24. The van der Waals surface area contributed by atoms with Crippen LogP contribution in [0, 0.1) is 6.92 Å². The number of aliphatic hydroxyl groups excluding tert-OH is 1. The smallest absolute Gasteiger partial charge is 0.244 e. The van der Waals surface area contributed by atoms with Gasteiger partial charge >= 0.3 is 0 Å². The molecular weight excluding hydrogens is 356 g/mol. The molecular formula is C14H22N2O6S2. The molecule has 2 atom stereocenters. The van der Waals surface area contributed by atoms with Crippen molar-refractivity contribution >= 4 is 19.9 Å². The van der Waals surface area contributed by atoms with Gasteiger partial charge in [-0.2, -0.15) is 0 Å². The zero-order chi connectivity index (χ0) is 18.0. The molecule has 1 saturated heterocycles. The molecule has 3 N–H and O–H groups in total. The summed E-state index contributed by atoms with van der Waals surface area (Å²) in [7, 11) is -5.59. The average Bonchev–Trinajstić information content (AvgIpc) is 2.76. The summed E-state index contributed by atoms with van der Waals surface area (Å²) in [5.74, 6) is -0.165. The number of methoxy groups -OCH3 is 1. The maximum atomic E-state index is 12.4. The Morgan fingerprint density at radius 2 is 2.00 bits per heavy atom. The van der Waals surface area contributed by atoms with Crippen LogP contribution in [0.4, 0.5) is 0 Å². The van der Waals surface area contributed by atoms with E-state index in [2.05, 4.69) is 10.0 Å². The topological polar surface area (TPSA) is 122 Å². The quantitative estimate of drug-likeness (QED) is 0.522. The van der Waals surface area contributed by atoms with Crippen molar-refractivity contribution < 1.29 is 26.7 Å². The van der Waals surface area contributed by atoms with Crippen LogP contribution in [0.1, 0.15) is 5.56 Å². The summed E-state index contributed by atoms with van der Waals surface area (Å²) in [6, 6.07) is 4.28. The van der Waals surface area contributed by atoms with Crippen LogP contribution in [0.3, 0.4) is 0 Å². The molecule has 136 valence electrons. The van der Waals surface area contributed by atoms with E-state index in [1.165, 1.54) is 13.2 Å². The van der Waals surface area contributed by atoms with Crippen LogP contribution in [0.25, 0.3) is 0 Å². The molecule has 8 nitrogen and oxygen atoms in total. The van der Waals surface area contributed by atoms with Crippen LogP contribution in [0.15, 0.2) is 23.1 Å². The SMILES string of the molecule is COc1ccc(C)cc1S(=O)(=O)NCCN[C@@H]1CS(=O)(=O)C[C@H]1O. The lowest BCUT2D eigenvalue weighted by molar-refractivity contribution is 0.166. The monoisotopic (exact) mass is 378 g/mol. The zero-order valence-corrected chi connectivity index (χ0v) is 15.2. The maximum absolute atomic E-state index is 12.4. The van der Waals surface area contributed by atoms with Gasteiger partial charge in [-0.3, -0.25) is 0 Å². The Morgan fingerprint density at radius 3 is 2.58 bits per heavy atom. The summed E-state index contributed by atoms with van der Waals surface area (Å²) < 4.78 is 55.0. The Balaban J connectivity index is 1.93. The van der Waals surface area contributed by atoms with E-state index in [4.69, 9.17) is 4.74 Å². The largest absolute Gasteiger partial charge is 0.495 e.